The van der Waals surface area contributed by atoms with Gasteiger partial charge < -0.3 is 4.74 Å². The highest BCUT2D eigenvalue weighted by Crippen LogP contribution is 2.14. The second-order valence-corrected chi connectivity index (χ2v) is 4.84. The van der Waals surface area contributed by atoms with Gasteiger partial charge in [0.25, 0.3) is 0 Å². The lowest BCUT2D eigenvalue weighted by molar-refractivity contribution is -0.144. The van der Waals surface area contributed by atoms with Crippen molar-refractivity contribution in [1.29, 1.82) is 0 Å². The van der Waals surface area contributed by atoms with Crippen LogP contribution < -0.4 is 5.43 Å². The first-order chi connectivity index (χ1) is 7.80. The van der Waals surface area contributed by atoms with Gasteiger partial charge in [-0.15, -0.1) is 0 Å². The minimum Gasteiger partial charge on any atom is -0.453 e. The van der Waals surface area contributed by atoms with Crippen LogP contribution in [0.3, 0.4) is 0 Å². The van der Waals surface area contributed by atoms with Crippen LogP contribution in [0.5, 0.6) is 0 Å². The minimum atomic E-state index is -0.650. The Morgan fingerprint density at radius 2 is 2.00 bits per heavy atom. The van der Waals surface area contributed by atoms with E-state index in [2.05, 4.69) is 10.5 Å². The molecule has 0 aromatic carbocycles. The second kappa shape index (κ2) is 5.07. The fourth-order valence-electron chi connectivity index (χ4n) is 1.05. The van der Waals surface area contributed by atoms with E-state index < -0.39 is 11.4 Å². The smallest absolute Gasteiger partial charge is 0.354 e. The first kappa shape index (κ1) is 13.3. The average Bonchev–Trinajstić information content (AvgIpc) is 2.25. The van der Waals surface area contributed by atoms with Crippen molar-refractivity contribution >= 4 is 23.4 Å². The van der Waals surface area contributed by atoms with Gasteiger partial charge >= 0.3 is 5.97 Å². The number of carbonyl (C=O) groups is 3. The SMILES string of the molecule is CC(C)(C)C(=O)COC(=O)C1=NNC(=O)CC1. The van der Waals surface area contributed by atoms with Crippen molar-refractivity contribution in [2.45, 2.75) is 33.6 Å². The van der Waals surface area contributed by atoms with Crippen LogP contribution in [0.15, 0.2) is 5.10 Å². The molecule has 0 spiro atoms. The summed E-state index contributed by atoms with van der Waals surface area (Å²) >= 11 is 0. The Morgan fingerprint density at radius 3 is 2.47 bits per heavy atom. The summed E-state index contributed by atoms with van der Waals surface area (Å²) in [5, 5.41) is 3.58. The van der Waals surface area contributed by atoms with Gasteiger partial charge in [-0.2, -0.15) is 5.10 Å². The second-order valence-electron chi connectivity index (χ2n) is 4.84. The highest BCUT2D eigenvalue weighted by Gasteiger charge is 2.25. The summed E-state index contributed by atoms with van der Waals surface area (Å²) in [7, 11) is 0. The number of carbonyl (C=O) groups excluding carboxylic acids is 3. The zero-order valence-electron chi connectivity index (χ0n) is 10.2. The summed E-state index contributed by atoms with van der Waals surface area (Å²) in [6, 6.07) is 0. The molecule has 94 valence electrons. The lowest BCUT2D eigenvalue weighted by Gasteiger charge is -2.17. The third-order valence-corrected chi connectivity index (χ3v) is 2.31. The molecule has 0 unspecified atom stereocenters. The Kier molecular flexibility index (Phi) is 3.98. The summed E-state index contributed by atoms with van der Waals surface area (Å²) in [6.45, 7) is 4.99. The zero-order valence-corrected chi connectivity index (χ0v) is 10.2. The van der Waals surface area contributed by atoms with Gasteiger partial charge in [0.1, 0.15) is 5.71 Å². The van der Waals surface area contributed by atoms with Gasteiger partial charge in [0.05, 0.1) is 0 Å². The summed E-state index contributed by atoms with van der Waals surface area (Å²) in [5.74, 6) is -1.04. The monoisotopic (exact) mass is 240 g/mol. The first-order valence-electron chi connectivity index (χ1n) is 5.36. The highest BCUT2D eigenvalue weighted by atomic mass is 16.5. The van der Waals surface area contributed by atoms with Gasteiger partial charge in [-0.1, -0.05) is 20.8 Å². The standard InChI is InChI=1S/C11H16N2O4/c1-11(2,3)8(14)6-17-10(16)7-4-5-9(15)13-12-7/h4-6H2,1-3H3,(H,13,15). The Morgan fingerprint density at radius 1 is 1.35 bits per heavy atom. The molecule has 1 aliphatic heterocycles. The maximum Gasteiger partial charge on any atom is 0.354 e. The number of hydrogen-bond acceptors (Lipinski definition) is 5. The number of ketones is 1. The Balaban J connectivity index is 2.46. The van der Waals surface area contributed by atoms with E-state index in [-0.39, 0.29) is 36.9 Å². The zero-order chi connectivity index (χ0) is 13.1. The van der Waals surface area contributed by atoms with Gasteiger partial charge in [0.15, 0.2) is 12.4 Å². The maximum atomic E-state index is 11.5. The lowest BCUT2D eigenvalue weighted by atomic mass is 9.91. The third-order valence-electron chi connectivity index (χ3n) is 2.31. The van der Waals surface area contributed by atoms with E-state index >= 15 is 0 Å². The molecular weight excluding hydrogens is 224 g/mol. The van der Waals surface area contributed by atoms with Crippen LogP contribution in [-0.4, -0.2) is 30.0 Å². The number of esters is 1. The van der Waals surface area contributed by atoms with Gasteiger partial charge in [0.2, 0.25) is 5.91 Å². The van der Waals surface area contributed by atoms with Crippen molar-refractivity contribution in [3.8, 4) is 0 Å². The highest BCUT2D eigenvalue weighted by molar-refractivity contribution is 6.37. The molecule has 0 aromatic rings. The molecule has 6 heteroatoms. The molecule has 0 aromatic heterocycles. The van der Waals surface area contributed by atoms with Crippen molar-refractivity contribution in [3.63, 3.8) is 0 Å². The molecule has 1 amide bonds. The number of hydrazone groups is 1. The van der Waals surface area contributed by atoms with Crippen LogP contribution in [0.1, 0.15) is 33.6 Å². The summed E-state index contributed by atoms with van der Waals surface area (Å²) < 4.78 is 4.83. The molecule has 0 saturated heterocycles. The Hall–Kier alpha value is -1.72. The number of nitrogens with zero attached hydrogens (tertiary/aromatic N) is 1. The number of rotatable bonds is 3. The number of hydrogen-bond donors (Lipinski definition) is 1. The molecule has 1 heterocycles. The number of Topliss-reactive ketones (excluding diaryl/α,β-unsaturated/α-hetero) is 1. The molecule has 6 nitrogen and oxygen atoms in total. The molecular formula is C11H16N2O4. The maximum absolute atomic E-state index is 11.5. The largest absolute Gasteiger partial charge is 0.453 e. The van der Waals surface area contributed by atoms with Gasteiger partial charge in [-0.05, 0) is 0 Å². The number of amides is 1. The Labute approximate surface area is 99.4 Å². The van der Waals surface area contributed by atoms with E-state index in [1.165, 1.54) is 0 Å². The molecule has 0 fully saturated rings. The molecule has 0 atom stereocenters. The van der Waals surface area contributed by atoms with Gasteiger partial charge in [-0.25, -0.2) is 10.2 Å². The summed E-state index contributed by atoms with van der Waals surface area (Å²) in [4.78, 5) is 33.8. The van der Waals surface area contributed by atoms with Gasteiger partial charge in [-0.3, -0.25) is 9.59 Å². The van der Waals surface area contributed by atoms with E-state index in [0.29, 0.717) is 0 Å². The van der Waals surface area contributed by atoms with E-state index in [0.717, 1.165) is 0 Å². The number of nitrogens with one attached hydrogen (secondary N) is 1. The predicted octanol–water partition coefficient (Wildman–Crippen LogP) is 0.411. The van der Waals surface area contributed by atoms with Crippen molar-refractivity contribution in [2.24, 2.45) is 10.5 Å². The normalized spacial score (nSPS) is 15.9. The first-order valence-corrected chi connectivity index (χ1v) is 5.36. The minimum absolute atomic E-state index is 0.145. The fraction of sp³-hybridized carbons (Fsp3) is 0.636. The third kappa shape index (κ3) is 3.97. The van der Waals surface area contributed by atoms with E-state index in [1.54, 1.807) is 20.8 Å². The molecule has 0 bridgehead atoms. The number of ether oxygens (including phenoxy) is 1. The van der Waals surface area contributed by atoms with E-state index in [1.807, 2.05) is 0 Å². The van der Waals surface area contributed by atoms with Crippen LogP contribution in [-0.2, 0) is 19.1 Å². The van der Waals surface area contributed by atoms with Crippen molar-refractivity contribution in [2.75, 3.05) is 6.61 Å². The quantitative estimate of drug-likeness (QED) is 0.724. The molecule has 0 saturated carbocycles. The molecule has 0 aliphatic carbocycles. The molecule has 1 N–H and O–H groups in total. The van der Waals surface area contributed by atoms with Crippen LogP contribution in [0, 0.1) is 5.41 Å². The van der Waals surface area contributed by atoms with Crippen LogP contribution in [0.2, 0.25) is 0 Å². The average molecular weight is 240 g/mol. The molecule has 0 radical (unpaired) electrons. The predicted molar refractivity (Wildman–Crippen MR) is 60.2 cm³/mol. The van der Waals surface area contributed by atoms with Crippen molar-refractivity contribution in [3.05, 3.63) is 0 Å². The fourth-order valence-corrected chi connectivity index (χ4v) is 1.05. The van der Waals surface area contributed by atoms with E-state index in [9.17, 15) is 14.4 Å². The molecule has 1 aliphatic rings. The van der Waals surface area contributed by atoms with Crippen LogP contribution >= 0.6 is 0 Å². The molecule has 1 rings (SSSR count). The summed E-state index contributed by atoms with van der Waals surface area (Å²) in [5.41, 5.74) is 1.80. The molecule has 17 heavy (non-hydrogen) atoms. The summed E-state index contributed by atoms with van der Waals surface area (Å²) in [6.07, 6.45) is 0.454. The van der Waals surface area contributed by atoms with Crippen molar-refractivity contribution in [1.82, 2.24) is 5.43 Å². The van der Waals surface area contributed by atoms with Crippen LogP contribution in [0.4, 0.5) is 0 Å². The van der Waals surface area contributed by atoms with Gasteiger partial charge in [0, 0.05) is 18.3 Å². The van der Waals surface area contributed by atoms with Crippen LogP contribution in [0.25, 0.3) is 0 Å². The topological polar surface area (TPSA) is 84.8 Å². The Bertz CT molecular complexity index is 379. The van der Waals surface area contributed by atoms with Crippen molar-refractivity contribution < 1.29 is 19.1 Å². The van der Waals surface area contributed by atoms with E-state index in [4.69, 9.17) is 4.74 Å². The lowest BCUT2D eigenvalue weighted by Crippen LogP contribution is -2.33.